The number of likely N-dealkylation sites (tertiary alicyclic amines) is 1. The Morgan fingerprint density at radius 1 is 1.35 bits per heavy atom. The highest BCUT2D eigenvalue weighted by atomic mass is 35.5. The largest absolute Gasteiger partial charge is 0.354 e. The van der Waals surface area contributed by atoms with Gasteiger partial charge in [0.15, 0.2) is 0 Å². The normalized spacial score (nSPS) is 17.1. The molecule has 1 fully saturated rings. The quantitative estimate of drug-likeness (QED) is 0.872. The average Bonchev–Trinajstić information content (AvgIpc) is 2.95. The number of hydrogen-bond acceptors (Lipinski definition) is 2. The second kappa shape index (κ2) is 7.65. The van der Waals surface area contributed by atoms with Gasteiger partial charge in [-0.25, -0.2) is 0 Å². The number of halogens is 1. The Balaban J connectivity index is 2.08. The maximum atomic E-state index is 11.7. The van der Waals surface area contributed by atoms with Gasteiger partial charge in [-0.1, -0.05) is 36.7 Å². The molecule has 1 atom stereocenters. The lowest BCUT2D eigenvalue weighted by atomic mass is 10.1. The van der Waals surface area contributed by atoms with Gasteiger partial charge in [-0.05, 0) is 44.0 Å². The summed E-state index contributed by atoms with van der Waals surface area (Å²) in [6, 6.07) is 8.14. The van der Waals surface area contributed by atoms with E-state index in [2.05, 4.69) is 16.3 Å². The number of nitrogens with one attached hydrogen (secondary N) is 1. The average molecular weight is 295 g/mol. The summed E-state index contributed by atoms with van der Waals surface area (Å²) in [6.07, 6.45) is 3.93. The first-order valence-corrected chi connectivity index (χ1v) is 7.85. The lowest BCUT2D eigenvalue weighted by Crippen LogP contribution is -2.36. The van der Waals surface area contributed by atoms with Crippen LogP contribution < -0.4 is 5.32 Å². The molecule has 1 unspecified atom stereocenters. The summed E-state index contributed by atoms with van der Waals surface area (Å²) >= 11 is 6.33. The number of rotatable bonds is 6. The summed E-state index contributed by atoms with van der Waals surface area (Å²) in [7, 11) is 0. The minimum atomic E-state index is 0.128. The highest BCUT2D eigenvalue weighted by Crippen LogP contribution is 2.29. The molecule has 1 N–H and O–H groups in total. The number of nitrogens with zero attached hydrogens (tertiary/aromatic N) is 1. The van der Waals surface area contributed by atoms with Crippen molar-refractivity contribution in [1.29, 1.82) is 0 Å². The van der Waals surface area contributed by atoms with Crippen molar-refractivity contribution >= 4 is 17.5 Å². The van der Waals surface area contributed by atoms with Gasteiger partial charge in [-0.3, -0.25) is 9.69 Å². The number of benzene rings is 1. The molecular weight excluding hydrogens is 272 g/mol. The van der Waals surface area contributed by atoms with Crippen LogP contribution in [-0.2, 0) is 4.79 Å². The van der Waals surface area contributed by atoms with E-state index in [0.29, 0.717) is 13.0 Å². The van der Waals surface area contributed by atoms with E-state index in [-0.39, 0.29) is 11.9 Å². The fourth-order valence-corrected chi connectivity index (χ4v) is 3.02. The van der Waals surface area contributed by atoms with Crippen molar-refractivity contribution in [2.75, 3.05) is 19.6 Å². The first kappa shape index (κ1) is 15.3. The molecular formula is C16H23ClN2O. The first-order valence-electron chi connectivity index (χ1n) is 7.47. The molecule has 1 saturated heterocycles. The monoisotopic (exact) mass is 294 g/mol. The minimum absolute atomic E-state index is 0.128. The number of carbonyl (C=O) groups is 1. The SMILES string of the molecule is CCCC(=O)NCC(c1ccccc1Cl)N1CCCC1. The molecule has 1 aromatic rings. The van der Waals surface area contributed by atoms with E-state index in [1.807, 2.05) is 25.1 Å². The zero-order valence-corrected chi connectivity index (χ0v) is 12.8. The van der Waals surface area contributed by atoms with E-state index in [9.17, 15) is 4.79 Å². The lowest BCUT2D eigenvalue weighted by Gasteiger charge is -2.29. The van der Waals surface area contributed by atoms with Gasteiger partial charge in [-0.2, -0.15) is 0 Å². The zero-order chi connectivity index (χ0) is 14.4. The summed E-state index contributed by atoms with van der Waals surface area (Å²) in [6.45, 7) is 4.83. The van der Waals surface area contributed by atoms with Crippen LogP contribution in [0.25, 0.3) is 0 Å². The number of carbonyl (C=O) groups excluding carboxylic acids is 1. The summed E-state index contributed by atoms with van der Waals surface area (Å²) < 4.78 is 0. The molecule has 0 aromatic heterocycles. The standard InChI is InChI=1S/C16H23ClN2O/c1-2-7-16(20)18-12-15(19-10-5-6-11-19)13-8-3-4-9-14(13)17/h3-4,8-9,15H,2,5-7,10-12H2,1H3,(H,18,20). The van der Waals surface area contributed by atoms with Gasteiger partial charge in [0.1, 0.15) is 0 Å². The molecule has 1 aliphatic heterocycles. The Morgan fingerprint density at radius 2 is 2.05 bits per heavy atom. The van der Waals surface area contributed by atoms with E-state index in [1.54, 1.807) is 0 Å². The lowest BCUT2D eigenvalue weighted by molar-refractivity contribution is -0.121. The second-order valence-electron chi connectivity index (χ2n) is 5.33. The van der Waals surface area contributed by atoms with Crippen molar-refractivity contribution in [1.82, 2.24) is 10.2 Å². The Hall–Kier alpha value is -1.06. The molecule has 2 rings (SSSR count). The Morgan fingerprint density at radius 3 is 2.70 bits per heavy atom. The van der Waals surface area contributed by atoms with E-state index in [0.717, 1.165) is 30.1 Å². The highest BCUT2D eigenvalue weighted by molar-refractivity contribution is 6.31. The van der Waals surface area contributed by atoms with Crippen LogP contribution in [0.1, 0.15) is 44.2 Å². The van der Waals surface area contributed by atoms with Crippen LogP contribution in [0.5, 0.6) is 0 Å². The molecule has 0 radical (unpaired) electrons. The van der Waals surface area contributed by atoms with E-state index in [4.69, 9.17) is 11.6 Å². The Kier molecular flexibility index (Phi) is 5.86. The zero-order valence-electron chi connectivity index (χ0n) is 12.1. The van der Waals surface area contributed by atoms with Crippen molar-refractivity contribution in [3.63, 3.8) is 0 Å². The van der Waals surface area contributed by atoms with Crippen LogP contribution in [-0.4, -0.2) is 30.4 Å². The van der Waals surface area contributed by atoms with Gasteiger partial charge >= 0.3 is 0 Å². The summed E-state index contributed by atoms with van der Waals surface area (Å²) in [5, 5.41) is 3.83. The summed E-state index contributed by atoms with van der Waals surface area (Å²) in [5.41, 5.74) is 1.12. The van der Waals surface area contributed by atoms with E-state index in [1.165, 1.54) is 12.8 Å². The molecule has 110 valence electrons. The molecule has 4 heteroatoms. The third-order valence-corrected chi connectivity index (χ3v) is 4.16. The predicted octanol–water partition coefficient (Wildman–Crippen LogP) is 3.39. The van der Waals surface area contributed by atoms with E-state index >= 15 is 0 Å². The van der Waals surface area contributed by atoms with Crippen LogP contribution in [0.15, 0.2) is 24.3 Å². The minimum Gasteiger partial charge on any atom is -0.354 e. The molecule has 1 heterocycles. The first-order chi connectivity index (χ1) is 9.72. The molecule has 0 bridgehead atoms. The molecule has 0 spiro atoms. The molecule has 1 aromatic carbocycles. The van der Waals surface area contributed by atoms with Gasteiger partial charge < -0.3 is 5.32 Å². The molecule has 1 amide bonds. The molecule has 0 saturated carbocycles. The van der Waals surface area contributed by atoms with Crippen LogP contribution in [0, 0.1) is 0 Å². The van der Waals surface area contributed by atoms with Gasteiger partial charge in [0, 0.05) is 18.0 Å². The van der Waals surface area contributed by atoms with Crippen molar-refractivity contribution in [3.8, 4) is 0 Å². The molecule has 1 aliphatic rings. The Bertz CT molecular complexity index is 444. The van der Waals surface area contributed by atoms with Crippen molar-refractivity contribution in [3.05, 3.63) is 34.9 Å². The molecule has 0 aliphatic carbocycles. The number of amides is 1. The fraction of sp³-hybridized carbons (Fsp3) is 0.562. The van der Waals surface area contributed by atoms with Gasteiger partial charge in [0.25, 0.3) is 0 Å². The maximum absolute atomic E-state index is 11.7. The molecule has 20 heavy (non-hydrogen) atoms. The van der Waals surface area contributed by atoms with Crippen LogP contribution in [0.3, 0.4) is 0 Å². The van der Waals surface area contributed by atoms with Crippen LogP contribution in [0.4, 0.5) is 0 Å². The smallest absolute Gasteiger partial charge is 0.220 e. The van der Waals surface area contributed by atoms with Gasteiger partial charge in [0.05, 0.1) is 6.04 Å². The highest BCUT2D eigenvalue weighted by Gasteiger charge is 2.25. The maximum Gasteiger partial charge on any atom is 0.220 e. The third kappa shape index (κ3) is 3.97. The summed E-state index contributed by atoms with van der Waals surface area (Å²) in [5.74, 6) is 0.128. The van der Waals surface area contributed by atoms with Crippen LogP contribution in [0.2, 0.25) is 5.02 Å². The Labute approximate surface area is 126 Å². The van der Waals surface area contributed by atoms with Crippen molar-refractivity contribution in [2.45, 2.75) is 38.6 Å². The van der Waals surface area contributed by atoms with Crippen molar-refractivity contribution < 1.29 is 4.79 Å². The summed E-state index contributed by atoms with van der Waals surface area (Å²) in [4.78, 5) is 14.1. The van der Waals surface area contributed by atoms with Crippen molar-refractivity contribution in [2.24, 2.45) is 0 Å². The number of hydrogen-bond donors (Lipinski definition) is 1. The topological polar surface area (TPSA) is 32.3 Å². The van der Waals surface area contributed by atoms with Crippen LogP contribution >= 0.6 is 11.6 Å². The molecule has 3 nitrogen and oxygen atoms in total. The predicted molar refractivity (Wildman–Crippen MR) is 82.9 cm³/mol. The van der Waals surface area contributed by atoms with E-state index < -0.39 is 0 Å². The fourth-order valence-electron chi connectivity index (χ4n) is 2.76. The second-order valence-corrected chi connectivity index (χ2v) is 5.74. The van der Waals surface area contributed by atoms with Gasteiger partial charge in [-0.15, -0.1) is 0 Å². The van der Waals surface area contributed by atoms with Gasteiger partial charge in [0.2, 0.25) is 5.91 Å². The third-order valence-electron chi connectivity index (χ3n) is 3.82.